The molecule has 8 heteroatoms. The number of carbonyl (C=O) groups excluding carboxylic acids is 1. The number of nitro benzene ring substituents is 1. The Morgan fingerprint density at radius 2 is 2.08 bits per heavy atom. The fourth-order valence-electron chi connectivity index (χ4n) is 2.61. The average Bonchev–Trinajstić information content (AvgIpc) is 3.12. The van der Waals surface area contributed by atoms with Gasteiger partial charge < -0.3 is 10.2 Å². The first-order valence-corrected chi connectivity index (χ1v) is 9.93. The molecule has 0 bridgehead atoms. The summed E-state index contributed by atoms with van der Waals surface area (Å²) in [6.45, 7) is 0.639. The second-order valence-corrected chi connectivity index (χ2v) is 7.50. The number of benzene rings is 2. The summed E-state index contributed by atoms with van der Waals surface area (Å²) < 4.78 is 0. The van der Waals surface area contributed by atoms with Crippen molar-refractivity contribution in [1.29, 1.82) is 0 Å². The van der Waals surface area contributed by atoms with Gasteiger partial charge in [-0.25, -0.2) is 4.79 Å². The van der Waals surface area contributed by atoms with Gasteiger partial charge in [0.15, 0.2) is 0 Å². The summed E-state index contributed by atoms with van der Waals surface area (Å²) in [5, 5.41) is 13.6. The predicted octanol–water partition coefficient (Wildman–Crippen LogP) is 4.60. The van der Waals surface area contributed by atoms with Crippen molar-refractivity contribution in [2.45, 2.75) is 10.3 Å². The van der Waals surface area contributed by atoms with Gasteiger partial charge in [-0.2, -0.15) is 0 Å². The molecule has 0 radical (unpaired) electrons. The first-order chi connectivity index (χ1) is 12.1. The highest BCUT2D eigenvalue weighted by atomic mass is 32.2. The number of carbonyl (C=O) groups is 1. The van der Waals surface area contributed by atoms with Crippen LogP contribution < -0.4 is 5.32 Å². The molecule has 6 nitrogen and oxygen atoms in total. The Morgan fingerprint density at radius 3 is 2.76 bits per heavy atom. The first kappa shape index (κ1) is 17.6. The van der Waals surface area contributed by atoms with Gasteiger partial charge in [-0.15, -0.1) is 23.5 Å². The predicted molar refractivity (Wildman–Crippen MR) is 102 cm³/mol. The molecule has 1 aliphatic heterocycles. The molecule has 1 saturated heterocycles. The molecule has 0 saturated carbocycles. The molecule has 1 heterocycles. The zero-order valence-electron chi connectivity index (χ0n) is 13.5. The zero-order valence-corrected chi connectivity index (χ0v) is 15.2. The molecule has 1 unspecified atom stereocenters. The van der Waals surface area contributed by atoms with E-state index in [1.807, 2.05) is 30.5 Å². The lowest BCUT2D eigenvalue weighted by atomic mass is 10.2. The molecule has 0 aromatic heterocycles. The topological polar surface area (TPSA) is 75.5 Å². The molecule has 1 N–H and O–H groups in total. The van der Waals surface area contributed by atoms with Crippen molar-refractivity contribution in [3.05, 3.63) is 64.2 Å². The van der Waals surface area contributed by atoms with Gasteiger partial charge in [0.05, 0.1) is 4.92 Å². The van der Waals surface area contributed by atoms with E-state index in [-0.39, 0.29) is 17.1 Å². The van der Waals surface area contributed by atoms with Crippen molar-refractivity contribution in [2.75, 3.05) is 23.9 Å². The van der Waals surface area contributed by atoms with Crippen LogP contribution >= 0.6 is 23.5 Å². The zero-order chi connectivity index (χ0) is 17.8. The number of nitro groups is 1. The lowest BCUT2D eigenvalue weighted by molar-refractivity contribution is -0.384. The molecule has 0 spiro atoms. The molecule has 1 fully saturated rings. The van der Waals surface area contributed by atoms with E-state index in [2.05, 4.69) is 5.32 Å². The number of urea groups is 1. The average molecular weight is 375 g/mol. The van der Waals surface area contributed by atoms with Gasteiger partial charge in [-0.1, -0.05) is 6.07 Å². The van der Waals surface area contributed by atoms with Crippen LogP contribution in [0, 0.1) is 10.1 Å². The van der Waals surface area contributed by atoms with E-state index in [0.717, 1.165) is 21.9 Å². The molecule has 0 aliphatic carbocycles. The quantitative estimate of drug-likeness (QED) is 0.480. The van der Waals surface area contributed by atoms with E-state index in [9.17, 15) is 14.9 Å². The molecule has 1 aliphatic rings. The number of rotatable bonds is 4. The van der Waals surface area contributed by atoms with Crippen molar-refractivity contribution >= 4 is 40.9 Å². The van der Waals surface area contributed by atoms with E-state index < -0.39 is 4.92 Å². The summed E-state index contributed by atoms with van der Waals surface area (Å²) in [6.07, 6.45) is 1.99. The van der Waals surface area contributed by atoms with Crippen LogP contribution in [0.1, 0.15) is 10.9 Å². The third-order valence-electron chi connectivity index (χ3n) is 3.86. The number of hydrogen-bond donors (Lipinski definition) is 1. The van der Waals surface area contributed by atoms with Crippen molar-refractivity contribution in [3.8, 4) is 0 Å². The van der Waals surface area contributed by atoms with Gasteiger partial charge in [0.2, 0.25) is 0 Å². The summed E-state index contributed by atoms with van der Waals surface area (Å²) >= 11 is 3.27. The fraction of sp³-hybridized carbons (Fsp3) is 0.235. The Bertz CT molecular complexity index is 783. The Balaban J connectivity index is 1.74. The highest BCUT2D eigenvalue weighted by Crippen LogP contribution is 2.38. The highest BCUT2D eigenvalue weighted by molar-refractivity contribution is 7.99. The molecule has 130 valence electrons. The van der Waals surface area contributed by atoms with Crippen molar-refractivity contribution < 1.29 is 9.72 Å². The third-order valence-corrected chi connectivity index (χ3v) is 5.85. The largest absolute Gasteiger partial charge is 0.323 e. The molecular weight excluding hydrogens is 358 g/mol. The van der Waals surface area contributed by atoms with Crippen molar-refractivity contribution in [1.82, 2.24) is 4.90 Å². The third kappa shape index (κ3) is 4.08. The Labute approximate surface area is 154 Å². The highest BCUT2D eigenvalue weighted by Gasteiger charge is 2.31. The monoisotopic (exact) mass is 375 g/mol. The number of nitrogens with zero attached hydrogens (tertiary/aromatic N) is 2. The van der Waals surface area contributed by atoms with Crippen LogP contribution in [0.25, 0.3) is 0 Å². The lowest BCUT2D eigenvalue weighted by Gasteiger charge is -2.24. The van der Waals surface area contributed by atoms with E-state index in [4.69, 9.17) is 0 Å². The molecule has 25 heavy (non-hydrogen) atoms. The van der Waals surface area contributed by atoms with Gasteiger partial charge in [0, 0.05) is 35.0 Å². The molecule has 3 rings (SSSR count). The SMILES string of the molecule is CSc1cccc(NC(=O)N2CCSC2c2ccc([N+](=O)[O-])cc2)c1. The van der Waals surface area contributed by atoms with Gasteiger partial charge in [0.1, 0.15) is 5.37 Å². The second-order valence-electron chi connectivity index (χ2n) is 5.43. The maximum atomic E-state index is 12.7. The summed E-state index contributed by atoms with van der Waals surface area (Å²) in [5.74, 6) is 0.833. The van der Waals surface area contributed by atoms with Crippen LogP contribution in [0.2, 0.25) is 0 Å². The van der Waals surface area contributed by atoms with Crippen LogP contribution in [0.15, 0.2) is 53.4 Å². The summed E-state index contributed by atoms with van der Waals surface area (Å²) in [7, 11) is 0. The summed E-state index contributed by atoms with van der Waals surface area (Å²) in [5.41, 5.74) is 1.70. The standard InChI is InChI=1S/C17H17N3O3S2/c1-24-15-4-2-3-13(11-15)18-17(21)19-9-10-25-16(19)12-5-7-14(8-6-12)20(22)23/h2-8,11,16H,9-10H2,1H3,(H,18,21). The van der Waals surface area contributed by atoms with Gasteiger partial charge in [0.25, 0.3) is 5.69 Å². The Morgan fingerprint density at radius 1 is 1.32 bits per heavy atom. The lowest BCUT2D eigenvalue weighted by Crippen LogP contribution is -2.34. The summed E-state index contributed by atoms with van der Waals surface area (Å²) in [4.78, 5) is 25.9. The van der Waals surface area contributed by atoms with Crippen LogP contribution in [0.5, 0.6) is 0 Å². The first-order valence-electron chi connectivity index (χ1n) is 7.66. The van der Waals surface area contributed by atoms with Gasteiger partial charge in [-0.05, 0) is 42.2 Å². The fourth-order valence-corrected chi connectivity index (χ4v) is 4.33. The molecule has 2 amide bonds. The maximum absolute atomic E-state index is 12.7. The van der Waals surface area contributed by atoms with Gasteiger partial charge in [-0.3, -0.25) is 10.1 Å². The van der Waals surface area contributed by atoms with Crippen LogP contribution in [0.4, 0.5) is 16.2 Å². The number of anilines is 1. The van der Waals surface area contributed by atoms with Crippen LogP contribution in [-0.4, -0.2) is 34.4 Å². The van der Waals surface area contributed by atoms with E-state index in [1.165, 1.54) is 12.1 Å². The minimum absolute atomic E-state index is 0.0524. The Hall–Kier alpha value is -2.19. The molecule has 2 aromatic rings. The van der Waals surface area contributed by atoms with E-state index >= 15 is 0 Å². The van der Waals surface area contributed by atoms with Crippen molar-refractivity contribution in [2.24, 2.45) is 0 Å². The number of nitrogens with one attached hydrogen (secondary N) is 1. The van der Waals surface area contributed by atoms with Crippen LogP contribution in [-0.2, 0) is 0 Å². The van der Waals surface area contributed by atoms with Gasteiger partial charge >= 0.3 is 6.03 Å². The number of hydrogen-bond acceptors (Lipinski definition) is 5. The molecule has 2 aromatic carbocycles. The molecule has 1 atom stereocenters. The van der Waals surface area contributed by atoms with E-state index in [1.54, 1.807) is 40.6 Å². The molecular formula is C17H17N3O3S2. The number of thioether (sulfide) groups is 2. The number of amides is 2. The minimum Gasteiger partial charge on any atom is -0.308 e. The number of non-ortho nitro benzene ring substituents is 1. The maximum Gasteiger partial charge on any atom is 0.323 e. The van der Waals surface area contributed by atoms with Crippen molar-refractivity contribution in [3.63, 3.8) is 0 Å². The van der Waals surface area contributed by atoms with E-state index in [0.29, 0.717) is 6.54 Å². The Kier molecular flexibility index (Phi) is 5.50. The normalized spacial score (nSPS) is 16.7. The smallest absolute Gasteiger partial charge is 0.308 e. The summed E-state index contributed by atoms with van der Waals surface area (Å²) in [6, 6.07) is 13.9. The minimum atomic E-state index is -0.422. The van der Waals surface area contributed by atoms with Crippen LogP contribution in [0.3, 0.4) is 0 Å². The second kappa shape index (κ2) is 7.79.